The van der Waals surface area contributed by atoms with Gasteiger partial charge in [-0.25, -0.2) is 5.01 Å². The minimum Gasteiger partial charge on any atom is -0.346 e. The molecule has 126 valence electrons. The average molecular weight is 349 g/mol. The molecule has 0 radical (unpaired) electrons. The standard InChI is InChI=1S/C16H17ClN4O3/c1-20-14(22)7-6-12(19-20)16(24)18-10-8-15(23)21(9-10)13-5-3-2-4-11(13)17/h2-5,10H,6-9H2,1H3,(H,18,24). The molecule has 0 aromatic heterocycles. The van der Waals surface area contributed by atoms with Gasteiger partial charge in [0.2, 0.25) is 11.8 Å². The number of carbonyl (C=O) groups is 3. The molecule has 2 heterocycles. The summed E-state index contributed by atoms with van der Waals surface area (Å²) < 4.78 is 0. The summed E-state index contributed by atoms with van der Waals surface area (Å²) in [6.45, 7) is 0.357. The van der Waals surface area contributed by atoms with Crippen molar-refractivity contribution in [1.82, 2.24) is 10.3 Å². The molecule has 0 bridgehead atoms. The van der Waals surface area contributed by atoms with Crippen LogP contribution in [0.3, 0.4) is 0 Å². The molecule has 1 fully saturated rings. The molecule has 1 N–H and O–H groups in total. The maximum Gasteiger partial charge on any atom is 0.267 e. The highest BCUT2D eigenvalue weighted by Gasteiger charge is 2.33. The smallest absolute Gasteiger partial charge is 0.267 e. The van der Waals surface area contributed by atoms with E-state index in [9.17, 15) is 14.4 Å². The van der Waals surface area contributed by atoms with Crippen LogP contribution in [-0.2, 0) is 14.4 Å². The van der Waals surface area contributed by atoms with E-state index in [1.165, 1.54) is 12.1 Å². The number of para-hydroxylation sites is 1. The van der Waals surface area contributed by atoms with Gasteiger partial charge >= 0.3 is 0 Å². The number of carbonyl (C=O) groups excluding carboxylic acids is 3. The highest BCUT2D eigenvalue weighted by Crippen LogP contribution is 2.29. The van der Waals surface area contributed by atoms with E-state index in [2.05, 4.69) is 10.4 Å². The Labute approximate surface area is 144 Å². The van der Waals surface area contributed by atoms with Crippen molar-refractivity contribution in [2.45, 2.75) is 25.3 Å². The van der Waals surface area contributed by atoms with E-state index >= 15 is 0 Å². The number of benzene rings is 1. The summed E-state index contributed by atoms with van der Waals surface area (Å²) in [5.74, 6) is -0.549. The topological polar surface area (TPSA) is 82.1 Å². The quantitative estimate of drug-likeness (QED) is 0.890. The van der Waals surface area contributed by atoms with Crippen molar-refractivity contribution in [3.63, 3.8) is 0 Å². The second-order valence-electron chi connectivity index (χ2n) is 5.79. The lowest BCUT2D eigenvalue weighted by Gasteiger charge is -2.21. The van der Waals surface area contributed by atoms with Gasteiger partial charge in [0.1, 0.15) is 5.71 Å². The number of hydrogen-bond acceptors (Lipinski definition) is 4. The van der Waals surface area contributed by atoms with Crippen molar-refractivity contribution in [3.8, 4) is 0 Å². The minimum absolute atomic E-state index is 0.0914. The fourth-order valence-corrected chi connectivity index (χ4v) is 3.05. The first-order valence-electron chi connectivity index (χ1n) is 7.65. The van der Waals surface area contributed by atoms with Crippen molar-refractivity contribution in [2.24, 2.45) is 5.10 Å². The van der Waals surface area contributed by atoms with Crippen molar-refractivity contribution in [3.05, 3.63) is 29.3 Å². The van der Waals surface area contributed by atoms with Crippen LogP contribution in [0.4, 0.5) is 5.69 Å². The molecule has 0 saturated carbocycles. The number of nitrogens with zero attached hydrogens (tertiary/aromatic N) is 3. The van der Waals surface area contributed by atoms with Crippen LogP contribution in [0, 0.1) is 0 Å². The van der Waals surface area contributed by atoms with Crippen LogP contribution in [0.2, 0.25) is 5.02 Å². The SMILES string of the molecule is CN1N=C(C(=O)NC2CC(=O)N(c3ccccc3Cl)C2)CCC1=O. The van der Waals surface area contributed by atoms with Crippen molar-refractivity contribution in [2.75, 3.05) is 18.5 Å². The fourth-order valence-electron chi connectivity index (χ4n) is 2.81. The zero-order valence-corrected chi connectivity index (χ0v) is 13.9. The first-order valence-corrected chi connectivity index (χ1v) is 8.03. The zero-order valence-electron chi connectivity index (χ0n) is 13.2. The van der Waals surface area contributed by atoms with Crippen LogP contribution in [0.25, 0.3) is 0 Å². The molecule has 7 nitrogen and oxygen atoms in total. The number of hydrogen-bond donors (Lipinski definition) is 1. The van der Waals surface area contributed by atoms with Crippen LogP contribution in [-0.4, -0.2) is 48.1 Å². The van der Waals surface area contributed by atoms with E-state index in [0.717, 1.165) is 0 Å². The van der Waals surface area contributed by atoms with E-state index in [0.29, 0.717) is 29.4 Å². The van der Waals surface area contributed by atoms with Gasteiger partial charge in [-0.05, 0) is 12.1 Å². The molecule has 2 aliphatic heterocycles. The Morgan fingerprint density at radius 1 is 1.25 bits per heavy atom. The van der Waals surface area contributed by atoms with Gasteiger partial charge in [-0.2, -0.15) is 5.10 Å². The van der Waals surface area contributed by atoms with Gasteiger partial charge in [0.15, 0.2) is 0 Å². The van der Waals surface area contributed by atoms with E-state index in [1.807, 2.05) is 6.07 Å². The van der Waals surface area contributed by atoms with Crippen LogP contribution < -0.4 is 10.2 Å². The van der Waals surface area contributed by atoms with Crippen molar-refractivity contribution in [1.29, 1.82) is 0 Å². The first kappa shape index (κ1) is 16.4. The molecule has 2 aliphatic rings. The molecular weight excluding hydrogens is 332 g/mol. The highest BCUT2D eigenvalue weighted by molar-refractivity contribution is 6.39. The normalized spacial score (nSPS) is 21.1. The molecule has 1 atom stereocenters. The van der Waals surface area contributed by atoms with Crippen LogP contribution in [0.15, 0.2) is 29.4 Å². The van der Waals surface area contributed by atoms with Gasteiger partial charge in [0, 0.05) is 32.9 Å². The lowest BCUT2D eigenvalue weighted by molar-refractivity contribution is -0.130. The van der Waals surface area contributed by atoms with Gasteiger partial charge in [0.05, 0.1) is 16.8 Å². The number of hydrazone groups is 1. The predicted octanol–water partition coefficient (Wildman–Crippen LogP) is 1.17. The Bertz CT molecular complexity index is 734. The summed E-state index contributed by atoms with van der Waals surface area (Å²) in [5.41, 5.74) is 0.946. The monoisotopic (exact) mass is 348 g/mol. The van der Waals surface area contributed by atoms with Gasteiger partial charge < -0.3 is 10.2 Å². The van der Waals surface area contributed by atoms with Gasteiger partial charge in [-0.15, -0.1) is 0 Å². The second kappa shape index (κ2) is 6.60. The van der Waals surface area contributed by atoms with Gasteiger partial charge in [-0.3, -0.25) is 14.4 Å². The average Bonchev–Trinajstić information content (AvgIpc) is 2.90. The molecule has 8 heteroatoms. The number of rotatable bonds is 3. The van der Waals surface area contributed by atoms with Crippen LogP contribution in [0.1, 0.15) is 19.3 Å². The van der Waals surface area contributed by atoms with E-state index in [1.54, 1.807) is 23.1 Å². The molecule has 1 aromatic rings. The van der Waals surface area contributed by atoms with Crippen molar-refractivity contribution < 1.29 is 14.4 Å². The number of anilines is 1. The Kier molecular flexibility index (Phi) is 4.53. The molecule has 3 amide bonds. The Balaban J connectivity index is 1.67. The molecule has 24 heavy (non-hydrogen) atoms. The molecule has 0 aliphatic carbocycles. The third-order valence-electron chi connectivity index (χ3n) is 4.07. The molecule has 1 aromatic carbocycles. The fraction of sp³-hybridized carbons (Fsp3) is 0.375. The highest BCUT2D eigenvalue weighted by atomic mass is 35.5. The lowest BCUT2D eigenvalue weighted by Crippen LogP contribution is -2.43. The summed E-state index contributed by atoms with van der Waals surface area (Å²) in [4.78, 5) is 37.5. The third kappa shape index (κ3) is 3.26. The molecular formula is C16H17ClN4O3. The molecule has 1 saturated heterocycles. The summed E-state index contributed by atoms with van der Waals surface area (Å²) in [5, 5.41) is 8.47. The predicted molar refractivity (Wildman–Crippen MR) is 89.8 cm³/mol. The summed E-state index contributed by atoms with van der Waals surface area (Å²) in [6.07, 6.45) is 0.779. The summed E-state index contributed by atoms with van der Waals surface area (Å²) in [6, 6.07) is 6.79. The largest absolute Gasteiger partial charge is 0.346 e. The molecule has 1 unspecified atom stereocenters. The lowest BCUT2D eigenvalue weighted by atomic mass is 10.1. The van der Waals surface area contributed by atoms with Crippen LogP contribution >= 0.6 is 11.6 Å². The molecule has 3 rings (SSSR count). The Morgan fingerprint density at radius 3 is 2.71 bits per heavy atom. The van der Waals surface area contributed by atoms with Crippen molar-refractivity contribution >= 4 is 40.7 Å². The van der Waals surface area contributed by atoms with E-state index < -0.39 is 0 Å². The number of nitrogens with one attached hydrogen (secondary N) is 1. The minimum atomic E-state index is -0.340. The molecule has 0 spiro atoms. The maximum atomic E-state index is 12.3. The zero-order chi connectivity index (χ0) is 17.3. The Hall–Kier alpha value is -2.41. The van der Waals surface area contributed by atoms with Crippen LogP contribution in [0.5, 0.6) is 0 Å². The Morgan fingerprint density at radius 2 is 2.00 bits per heavy atom. The summed E-state index contributed by atoms with van der Waals surface area (Å²) >= 11 is 6.14. The maximum absolute atomic E-state index is 12.3. The van der Waals surface area contributed by atoms with E-state index in [-0.39, 0.29) is 36.6 Å². The third-order valence-corrected chi connectivity index (χ3v) is 4.39. The van der Waals surface area contributed by atoms with Gasteiger partial charge in [0.25, 0.3) is 5.91 Å². The second-order valence-corrected chi connectivity index (χ2v) is 6.20. The summed E-state index contributed by atoms with van der Waals surface area (Å²) in [7, 11) is 1.52. The number of amides is 3. The van der Waals surface area contributed by atoms with E-state index in [4.69, 9.17) is 11.6 Å². The number of halogens is 1. The van der Waals surface area contributed by atoms with Gasteiger partial charge in [-0.1, -0.05) is 23.7 Å². The first-order chi connectivity index (χ1) is 11.5.